The van der Waals surface area contributed by atoms with E-state index in [9.17, 15) is 4.79 Å². The molecule has 0 spiro atoms. The highest BCUT2D eigenvalue weighted by Crippen LogP contribution is 2.31. The topological polar surface area (TPSA) is 26.3 Å². The van der Waals surface area contributed by atoms with Crippen LogP contribution in [0.25, 0.3) is 0 Å². The Balaban J connectivity index is 1.97. The van der Waals surface area contributed by atoms with Gasteiger partial charge in [0.2, 0.25) is 0 Å². The Bertz CT molecular complexity index is 593. The van der Waals surface area contributed by atoms with Crippen molar-refractivity contribution in [3.63, 3.8) is 0 Å². The van der Waals surface area contributed by atoms with Gasteiger partial charge in [0, 0.05) is 11.4 Å². The Labute approximate surface area is 110 Å². The Hall–Kier alpha value is -1.80. The maximum absolute atomic E-state index is 11.9. The molecule has 0 fully saturated rings. The van der Waals surface area contributed by atoms with Crippen LogP contribution in [-0.2, 0) is 11.2 Å². The van der Waals surface area contributed by atoms with Crippen LogP contribution in [0.3, 0.4) is 0 Å². The summed E-state index contributed by atoms with van der Waals surface area (Å²) in [5.41, 5.74) is 2.59. The zero-order valence-electron chi connectivity index (χ0n) is 9.60. The number of ether oxygens (including phenoxy) is 1. The third-order valence-electron chi connectivity index (χ3n) is 3.12. The van der Waals surface area contributed by atoms with Gasteiger partial charge in [-0.3, -0.25) is 0 Å². The van der Waals surface area contributed by atoms with E-state index in [1.54, 1.807) is 12.1 Å². The van der Waals surface area contributed by atoms with E-state index in [1.807, 2.05) is 36.4 Å². The molecule has 3 rings (SSSR count). The number of halogens is 1. The summed E-state index contributed by atoms with van der Waals surface area (Å²) in [6, 6.07) is 15.1. The van der Waals surface area contributed by atoms with Gasteiger partial charge in [-0.15, -0.1) is 0 Å². The SMILES string of the molecule is O=C1OC(c2ccccc2)Cc2ccc(Cl)cc21. The summed E-state index contributed by atoms with van der Waals surface area (Å²) in [4.78, 5) is 11.9. The molecule has 2 aromatic carbocycles. The molecule has 1 aliphatic heterocycles. The van der Waals surface area contributed by atoms with E-state index >= 15 is 0 Å². The Morgan fingerprint density at radius 3 is 2.67 bits per heavy atom. The van der Waals surface area contributed by atoms with Crippen LogP contribution < -0.4 is 0 Å². The minimum absolute atomic E-state index is 0.202. The van der Waals surface area contributed by atoms with Gasteiger partial charge in [0.15, 0.2) is 0 Å². The van der Waals surface area contributed by atoms with Crippen molar-refractivity contribution < 1.29 is 9.53 Å². The summed E-state index contributed by atoms with van der Waals surface area (Å²) in [5, 5.41) is 0.559. The summed E-state index contributed by atoms with van der Waals surface area (Å²) in [6.45, 7) is 0. The highest BCUT2D eigenvalue weighted by atomic mass is 35.5. The first-order valence-electron chi connectivity index (χ1n) is 5.78. The number of carbonyl (C=O) groups excluding carboxylic acids is 1. The van der Waals surface area contributed by atoms with Gasteiger partial charge < -0.3 is 4.74 Å². The van der Waals surface area contributed by atoms with Crippen LogP contribution in [0.15, 0.2) is 48.5 Å². The first-order valence-corrected chi connectivity index (χ1v) is 6.16. The fraction of sp³-hybridized carbons (Fsp3) is 0.133. The minimum Gasteiger partial charge on any atom is -0.454 e. The summed E-state index contributed by atoms with van der Waals surface area (Å²) in [6.07, 6.45) is 0.495. The van der Waals surface area contributed by atoms with Crippen molar-refractivity contribution in [2.75, 3.05) is 0 Å². The second kappa shape index (κ2) is 4.46. The molecule has 0 radical (unpaired) electrons. The Morgan fingerprint density at radius 1 is 1.11 bits per heavy atom. The number of benzene rings is 2. The van der Waals surface area contributed by atoms with Crippen LogP contribution in [0, 0.1) is 0 Å². The van der Waals surface area contributed by atoms with Gasteiger partial charge in [-0.2, -0.15) is 0 Å². The molecule has 0 bridgehead atoms. The maximum Gasteiger partial charge on any atom is 0.339 e. The lowest BCUT2D eigenvalue weighted by molar-refractivity contribution is 0.0253. The molecular weight excluding hydrogens is 248 g/mol. The third kappa shape index (κ3) is 2.00. The van der Waals surface area contributed by atoms with Gasteiger partial charge in [0.1, 0.15) is 6.10 Å². The molecule has 2 aromatic rings. The number of hydrogen-bond acceptors (Lipinski definition) is 2. The lowest BCUT2D eigenvalue weighted by Gasteiger charge is -2.25. The average Bonchev–Trinajstić information content (AvgIpc) is 2.40. The summed E-state index contributed by atoms with van der Waals surface area (Å²) in [7, 11) is 0. The molecule has 0 aliphatic carbocycles. The molecule has 0 N–H and O–H groups in total. The van der Waals surface area contributed by atoms with Crippen molar-refractivity contribution in [3.8, 4) is 0 Å². The molecule has 2 nitrogen and oxygen atoms in total. The molecule has 0 amide bonds. The van der Waals surface area contributed by atoms with Crippen LogP contribution in [-0.4, -0.2) is 5.97 Å². The van der Waals surface area contributed by atoms with Crippen LogP contribution in [0.5, 0.6) is 0 Å². The number of fused-ring (bicyclic) bond motifs is 1. The quantitative estimate of drug-likeness (QED) is 0.728. The molecule has 0 saturated heterocycles. The van der Waals surface area contributed by atoms with Crippen LogP contribution in [0.2, 0.25) is 5.02 Å². The van der Waals surface area contributed by atoms with Crippen molar-refractivity contribution in [1.29, 1.82) is 0 Å². The summed E-state index contributed by atoms with van der Waals surface area (Å²) in [5.74, 6) is -0.299. The third-order valence-corrected chi connectivity index (χ3v) is 3.35. The monoisotopic (exact) mass is 258 g/mol. The lowest BCUT2D eigenvalue weighted by atomic mass is 9.95. The van der Waals surface area contributed by atoms with Gasteiger partial charge in [0.05, 0.1) is 5.56 Å². The van der Waals surface area contributed by atoms with Crippen molar-refractivity contribution in [3.05, 3.63) is 70.2 Å². The highest BCUT2D eigenvalue weighted by molar-refractivity contribution is 6.31. The number of rotatable bonds is 1. The van der Waals surface area contributed by atoms with Gasteiger partial charge in [0.25, 0.3) is 0 Å². The molecular formula is C15H11ClO2. The number of carbonyl (C=O) groups is 1. The highest BCUT2D eigenvalue weighted by Gasteiger charge is 2.27. The van der Waals surface area contributed by atoms with Gasteiger partial charge in [-0.25, -0.2) is 4.79 Å². The van der Waals surface area contributed by atoms with E-state index in [2.05, 4.69) is 0 Å². The van der Waals surface area contributed by atoms with Gasteiger partial charge >= 0.3 is 5.97 Å². The molecule has 0 aromatic heterocycles. The largest absolute Gasteiger partial charge is 0.454 e. The van der Waals surface area contributed by atoms with Crippen molar-refractivity contribution in [1.82, 2.24) is 0 Å². The number of cyclic esters (lactones) is 1. The molecule has 1 aliphatic rings. The van der Waals surface area contributed by atoms with Gasteiger partial charge in [-0.05, 0) is 23.3 Å². The molecule has 3 heteroatoms. The second-order valence-electron chi connectivity index (χ2n) is 4.31. The maximum atomic E-state index is 11.9. The van der Waals surface area contributed by atoms with Crippen molar-refractivity contribution >= 4 is 17.6 Å². The normalized spacial score (nSPS) is 18.1. The Morgan fingerprint density at radius 2 is 1.89 bits per heavy atom. The fourth-order valence-corrected chi connectivity index (χ4v) is 2.38. The van der Waals surface area contributed by atoms with Crippen molar-refractivity contribution in [2.45, 2.75) is 12.5 Å². The van der Waals surface area contributed by atoms with E-state index in [0.29, 0.717) is 17.0 Å². The molecule has 0 saturated carbocycles. The number of esters is 1. The van der Waals surface area contributed by atoms with Crippen LogP contribution in [0.4, 0.5) is 0 Å². The predicted molar refractivity (Wildman–Crippen MR) is 69.8 cm³/mol. The van der Waals surface area contributed by atoms with Crippen molar-refractivity contribution in [2.24, 2.45) is 0 Å². The fourth-order valence-electron chi connectivity index (χ4n) is 2.20. The zero-order valence-corrected chi connectivity index (χ0v) is 10.4. The smallest absolute Gasteiger partial charge is 0.339 e. The molecule has 18 heavy (non-hydrogen) atoms. The van der Waals surface area contributed by atoms with Crippen LogP contribution in [0.1, 0.15) is 27.6 Å². The molecule has 1 heterocycles. The Kier molecular flexibility index (Phi) is 2.80. The number of hydrogen-bond donors (Lipinski definition) is 0. The summed E-state index contributed by atoms with van der Waals surface area (Å²) >= 11 is 5.89. The molecule has 90 valence electrons. The minimum atomic E-state index is -0.299. The van der Waals surface area contributed by atoms with Gasteiger partial charge in [-0.1, -0.05) is 48.0 Å². The van der Waals surface area contributed by atoms with E-state index < -0.39 is 0 Å². The average molecular weight is 259 g/mol. The molecule has 1 atom stereocenters. The zero-order chi connectivity index (χ0) is 12.5. The first-order chi connectivity index (χ1) is 8.74. The standard InChI is InChI=1S/C15H11ClO2/c16-12-7-6-11-8-14(10-4-2-1-3-5-10)18-15(17)13(11)9-12/h1-7,9,14H,8H2. The van der Waals surface area contributed by atoms with E-state index in [0.717, 1.165) is 11.1 Å². The first kappa shape index (κ1) is 11.3. The predicted octanol–water partition coefficient (Wildman–Crippen LogP) is 3.79. The second-order valence-corrected chi connectivity index (χ2v) is 4.75. The molecule has 1 unspecified atom stereocenters. The lowest BCUT2D eigenvalue weighted by Crippen LogP contribution is -2.21. The van der Waals surface area contributed by atoms with E-state index in [4.69, 9.17) is 16.3 Å². The van der Waals surface area contributed by atoms with E-state index in [-0.39, 0.29) is 12.1 Å². The van der Waals surface area contributed by atoms with E-state index in [1.165, 1.54) is 0 Å². The van der Waals surface area contributed by atoms with Crippen LogP contribution >= 0.6 is 11.6 Å². The summed E-state index contributed by atoms with van der Waals surface area (Å²) < 4.78 is 5.46.